The molecule has 2 N–H and O–H groups in total. The van der Waals surface area contributed by atoms with Crippen LogP contribution in [0.3, 0.4) is 0 Å². The van der Waals surface area contributed by atoms with Crippen LogP contribution in [0, 0.1) is 5.41 Å². The van der Waals surface area contributed by atoms with Gasteiger partial charge in [-0.25, -0.2) is 0 Å². The number of carbonyl (C=O) groups excluding carboxylic acids is 1. The van der Waals surface area contributed by atoms with Gasteiger partial charge in [0.1, 0.15) is 0 Å². The van der Waals surface area contributed by atoms with E-state index in [4.69, 9.17) is 5.73 Å². The van der Waals surface area contributed by atoms with Gasteiger partial charge >= 0.3 is 0 Å². The number of piperidine rings is 1. The van der Waals surface area contributed by atoms with E-state index in [2.05, 4.69) is 18.7 Å². The largest absolute Gasteiger partial charge is 0.337 e. The van der Waals surface area contributed by atoms with Gasteiger partial charge in [0.05, 0.1) is 5.41 Å². The Morgan fingerprint density at radius 2 is 1.81 bits per heavy atom. The second-order valence-corrected chi connectivity index (χ2v) is 5.68. The number of rotatable bonds is 2. The Morgan fingerprint density at radius 3 is 2.19 bits per heavy atom. The predicted molar refractivity (Wildman–Crippen MR) is 65.0 cm³/mol. The number of nitrogens with two attached hydrogens (primary N) is 1. The zero-order valence-electron chi connectivity index (χ0n) is 10.5. The normalized spacial score (nSPS) is 33.3. The lowest BCUT2D eigenvalue weighted by molar-refractivity contribution is -0.153. The van der Waals surface area contributed by atoms with E-state index in [9.17, 15) is 4.79 Å². The summed E-state index contributed by atoms with van der Waals surface area (Å²) in [4.78, 5) is 14.7. The van der Waals surface area contributed by atoms with Crippen LogP contribution in [0.1, 0.15) is 52.4 Å². The Bertz CT molecular complexity index is 258. The highest BCUT2D eigenvalue weighted by Crippen LogP contribution is 2.43. The van der Waals surface area contributed by atoms with E-state index in [1.807, 2.05) is 0 Å². The molecule has 1 heterocycles. The molecule has 2 aliphatic rings. The van der Waals surface area contributed by atoms with Crippen molar-refractivity contribution in [3.05, 3.63) is 0 Å². The highest BCUT2D eigenvalue weighted by molar-refractivity contribution is 5.84. The van der Waals surface area contributed by atoms with Crippen molar-refractivity contribution in [1.82, 2.24) is 4.90 Å². The van der Waals surface area contributed by atoms with Crippen molar-refractivity contribution in [2.75, 3.05) is 6.54 Å². The molecule has 16 heavy (non-hydrogen) atoms. The molecule has 0 unspecified atom stereocenters. The van der Waals surface area contributed by atoms with Crippen molar-refractivity contribution in [1.29, 1.82) is 0 Å². The van der Waals surface area contributed by atoms with Crippen LogP contribution >= 0.6 is 0 Å². The fourth-order valence-electron chi connectivity index (χ4n) is 3.20. The lowest BCUT2D eigenvalue weighted by atomic mass is 9.67. The van der Waals surface area contributed by atoms with Gasteiger partial charge in [-0.2, -0.15) is 0 Å². The summed E-state index contributed by atoms with van der Waals surface area (Å²) in [6, 6.07) is 0.806. The Labute approximate surface area is 98.4 Å². The summed E-state index contributed by atoms with van der Waals surface area (Å²) in [6.45, 7) is 4.88. The molecule has 0 aromatic heterocycles. The van der Waals surface area contributed by atoms with E-state index in [1.165, 1.54) is 12.8 Å². The molecule has 0 aromatic rings. The fraction of sp³-hybridized carbons (Fsp3) is 0.923. The number of likely N-dealkylation sites (tertiary alicyclic amines) is 1. The molecule has 1 saturated heterocycles. The summed E-state index contributed by atoms with van der Waals surface area (Å²) in [5, 5.41) is 0. The van der Waals surface area contributed by atoms with Gasteiger partial charge in [-0.15, -0.1) is 0 Å². The first-order valence-corrected chi connectivity index (χ1v) is 6.63. The van der Waals surface area contributed by atoms with E-state index < -0.39 is 0 Å². The van der Waals surface area contributed by atoms with E-state index in [0.29, 0.717) is 24.5 Å². The molecule has 2 rings (SSSR count). The molecular formula is C13H24N2O. The monoisotopic (exact) mass is 224 g/mol. The topological polar surface area (TPSA) is 46.3 Å². The van der Waals surface area contributed by atoms with Crippen LogP contribution in [0.25, 0.3) is 0 Å². The minimum atomic E-state index is -0.195. The van der Waals surface area contributed by atoms with Gasteiger partial charge in [0, 0.05) is 18.6 Å². The minimum Gasteiger partial charge on any atom is -0.337 e. The van der Waals surface area contributed by atoms with Crippen molar-refractivity contribution in [2.24, 2.45) is 11.1 Å². The van der Waals surface area contributed by atoms with Gasteiger partial charge in [0.15, 0.2) is 0 Å². The lowest BCUT2D eigenvalue weighted by Gasteiger charge is -2.48. The van der Waals surface area contributed by atoms with Crippen molar-refractivity contribution in [3.8, 4) is 0 Å². The van der Waals surface area contributed by atoms with Crippen molar-refractivity contribution < 1.29 is 4.79 Å². The molecule has 0 bridgehead atoms. The fourth-order valence-corrected chi connectivity index (χ4v) is 3.20. The Balaban J connectivity index is 2.12. The highest BCUT2D eigenvalue weighted by atomic mass is 16.2. The first kappa shape index (κ1) is 11.9. The highest BCUT2D eigenvalue weighted by Gasteiger charge is 2.47. The number of hydrogen-bond acceptors (Lipinski definition) is 2. The van der Waals surface area contributed by atoms with Crippen LogP contribution in [-0.2, 0) is 4.79 Å². The average molecular weight is 224 g/mol. The van der Waals surface area contributed by atoms with Crippen LogP contribution in [0.15, 0.2) is 0 Å². The van der Waals surface area contributed by atoms with Gasteiger partial charge in [-0.3, -0.25) is 4.79 Å². The Morgan fingerprint density at radius 1 is 1.25 bits per heavy atom. The minimum absolute atomic E-state index is 0.195. The maximum atomic E-state index is 12.6. The summed E-state index contributed by atoms with van der Waals surface area (Å²) < 4.78 is 0. The van der Waals surface area contributed by atoms with Crippen LogP contribution in [0.2, 0.25) is 0 Å². The number of nitrogens with zero attached hydrogens (tertiary/aromatic N) is 1. The molecule has 0 radical (unpaired) electrons. The van der Waals surface area contributed by atoms with E-state index in [-0.39, 0.29) is 5.41 Å². The maximum Gasteiger partial charge on any atom is 0.230 e. The third-order valence-electron chi connectivity index (χ3n) is 4.58. The molecule has 1 amide bonds. The summed E-state index contributed by atoms with van der Waals surface area (Å²) in [5.74, 6) is 0.334. The van der Waals surface area contributed by atoms with Gasteiger partial charge in [-0.1, -0.05) is 6.42 Å². The smallest absolute Gasteiger partial charge is 0.230 e. The van der Waals surface area contributed by atoms with Gasteiger partial charge < -0.3 is 10.6 Å². The number of carbonyl (C=O) groups is 1. The molecule has 3 heteroatoms. The van der Waals surface area contributed by atoms with Crippen LogP contribution < -0.4 is 5.73 Å². The van der Waals surface area contributed by atoms with E-state index in [0.717, 1.165) is 25.7 Å². The molecule has 2 atom stereocenters. The van der Waals surface area contributed by atoms with Crippen LogP contribution in [-0.4, -0.2) is 29.4 Å². The molecule has 0 spiro atoms. The Hall–Kier alpha value is -0.570. The Kier molecular flexibility index (Phi) is 3.24. The molecule has 92 valence electrons. The zero-order valence-corrected chi connectivity index (χ0v) is 10.5. The van der Waals surface area contributed by atoms with Crippen molar-refractivity contribution >= 4 is 5.91 Å². The molecule has 3 nitrogen and oxygen atoms in total. The van der Waals surface area contributed by atoms with E-state index in [1.54, 1.807) is 0 Å². The summed E-state index contributed by atoms with van der Waals surface area (Å²) >= 11 is 0. The van der Waals surface area contributed by atoms with Crippen molar-refractivity contribution in [2.45, 2.75) is 64.5 Å². The SMILES string of the molecule is C[C@@H]1CCC[C@H](C)N1C(=O)C1(CN)CCC1. The van der Waals surface area contributed by atoms with Gasteiger partial charge in [0.25, 0.3) is 0 Å². The third kappa shape index (κ3) is 1.75. The summed E-state index contributed by atoms with van der Waals surface area (Å²) in [5.41, 5.74) is 5.63. The summed E-state index contributed by atoms with van der Waals surface area (Å²) in [7, 11) is 0. The third-order valence-corrected chi connectivity index (χ3v) is 4.58. The van der Waals surface area contributed by atoms with Gasteiger partial charge in [0.2, 0.25) is 5.91 Å². The number of hydrogen-bond donors (Lipinski definition) is 1. The molecule has 0 aromatic carbocycles. The second-order valence-electron chi connectivity index (χ2n) is 5.68. The standard InChI is InChI=1S/C13H24N2O/c1-10-5-3-6-11(2)15(10)12(16)13(9-14)7-4-8-13/h10-11H,3-9,14H2,1-2H3/t10-,11+. The first-order valence-electron chi connectivity index (χ1n) is 6.63. The lowest BCUT2D eigenvalue weighted by Crippen LogP contribution is -2.57. The van der Waals surface area contributed by atoms with Crippen LogP contribution in [0.4, 0.5) is 0 Å². The van der Waals surface area contributed by atoms with Gasteiger partial charge in [-0.05, 0) is 46.0 Å². The zero-order chi connectivity index (χ0) is 11.8. The quantitative estimate of drug-likeness (QED) is 0.778. The molecular weight excluding hydrogens is 200 g/mol. The predicted octanol–water partition coefficient (Wildman–Crippen LogP) is 1.90. The number of amides is 1. The average Bonchev–Trinajstić information content (AvgIpc) is 2.16. The molecule has 2 fully saturated rings. The first-order chi connectivity index (χ1) is 7.60. The second kappa shape index (κ2) is 4.36. The van der Waals surface area contributed by atoms with E-state index >= 15 is 0 Å². The summed E-state index contributed by atoms with van der Waals surface area (Å²) in [6.07, 6.45) is 6.71. The van der Waals surface area contributed by atoms with Crippen molar-refractivity contribution in [3.63, 3.8) is 0 Å². The van der Waals surface area contributed by atoms with Crippen LogP contribution in [0.5, 0.6) is 0 Å². The maximum absolute atomic E-state index is 12.6. The molecule has 1 aliphatic carbocycles. The molecule has 1 saturated carbocycles. The molecule has 1 aliphatic heterocycles.